The zero-order valence-corrected chi connectivity index (χ0v) is 9.22. The van der Waals surface area contributed by atoms with Crippen LogP contribution in [0.5, 0.6) is 11.5 Å². The first kappa shape index (κ1) is 11.6. The van der Waals surface area contributed by atoms with E-state index in [1.807, 2.05) is 6.07 Å². The molecule has 0 bridgehead atoms. The van der Waals surface area contributed by atoms with Gasteiger partial charge in [0.15, 0.2) is 0 Å². The van der Waals surface area contributed by atoms with E-state index in [1.165, 1.54) is 24.3 Å². The standard InChI is InChI=1S/C14H7FN2O/c15-13-5-2-6-14(12(13)9-17)18-11-4-1-3-10(7-11)8-16/h1-7H. The van der Waals surface area contributed by atoms with E-state index in [4.69, 9.17) is 15.3 Å². The van der Waals surface area contributed by atoms with E-state index < -0.39 is 5.82 Å². The molecule has 0 fully saturated rings. The van der Waals surface area contributed by atoms with Crippen LogP contribution in [0.4, 0.5) is 4.39 Å². The lowest BCUT2D eigenvalue weighted by Gasteiger charge is -2.07. The van der Waals surface area contributed by atoms with Crippen LogP contribution in [0.15, 0.2) is 42.5 Å². The fourth-order valence-corrected chi connectivity index (χ4v) is 1.45. The molecule has 4 heteroatoms. The molecular formula is C14H7FN2O. The molecule has 0 saturated heterocycles. The van der Waals surface area contributed by atoms with Gasteiger partial charge in [-0.25, -0.2) is 4.39 Å². The van der Waals surface area contributed by atoms with Crippen LogP contribution < -0.4 is 4.74 Å². The quantitative estimate of drug-likeness (QED) is 0.805. The van der Waals surface area contributed by atoms with Crippen LogP contribution in [0.1, 0.15) is 11.1 Å². The fourth-order valence-electron chi connectivity index (χ4n) is 1.45. The molecule has 2 aromatic rings. The molecule has 0 amide bonds. The Balaban J connectivity index is 2.38. The van der Waals surface area contributed by atoms with Crippen molar-refractivity contribution in [3.05, 3.63) is 59.4 Å². The minimum Gasteiger partial charge on any atom is -0.456 e. The van der Waals surface area contributed by atoms with Crippen molar-refractivity contribution in [3.8, 4) is 23.6 Å². The number of hydrogen-bond acceptors (Lipinski definition) is 3. The summed E-state index contributed by atoms with van der Waals surface area (Å²) >= 11 is 0. The minimum atomic E-state index is -0.633. The van der Waals surface area contributed by atoms with E-state index in [-0.39, 0.29) is 11.3 Å². The lowest BCUT2D eigenvalue weighted by Crippen LogP contribution is -1.91. The normalized spacial score (nSPS) is 9.28. The van der Waals surface area contributed by atoms with Gasteiger partial charge < -0.3 is 4.74 Å². The molecule has 0 N–H and O–H groups in total. The van der Waals surface area contributed by atoms with Gasteiger partial charge in [0.2, 0.25) is 0 Å². The third-order valence-electron chi connectivity index (χ3n) is 2.28. The van der Waals surface area contributed by atoms with Crippen LogP contribution in [0.25, 0.3) is 0 Å². The minimum absolute atomic E-state index is 0.132. The van der Waals surface area contributed by atoms with E-state index in [1.54, 1.807) is 24.3 Å². The zero-order valence-electron chi connectivity index (χ0n) is 9.22. The highest BCUT2D eigenvalue weighted by Gasteiger charge is 2.09. The number of rotatable bonds is 2. The molecule has 0 aliphatic carbocycles. The van der Waals surface area contributed by atoms with Gasteiger partial charge in [-0.2, -0.15) is 10.5 Å². The highest BCUT2D eigenvalue weighted by Crippen LogP contribution is 2.26. The summed E-state index contributed by atoms with van der Waals surface area (Å²) in [5.74, 6) is -0.116. The SMILES string of the molecule is N#Cc1cccc(Oc2cccc(F)c2C#N)c1. The van der Waals surface area contributed by atoms with Gasteiger partial charge in [-0.05, 0) is 30.3 Å². The largest absolute Gasteiger partial charge is 0.456 e. The molecular weight excluding hydrogens is 231 g/mol. The van der Waals surface area contributed by atoms with Crippen LogP contribution in [0.2, 0.25) is 0 Å². The first-order valence-corrected chi connectivity index (χ1v) is 5.11. The number of nitrogens with zero attached hydrogens (tertiary/aromatic N) is 2. The van der Waals surface area contributed by atoms with Crippen molar-refractivity contribution < 1.29 is 9.13 Å². The second-order valence-corrected chi connectivity index (χ2v) is 3.47. The molecule has 3 nitrogen and oxygen atoms in total. The zero-order chi connectivity index (χ0) is 13.0. The second kappa shape index (κ2) is 4.99. The number of benzene rings is 2. The van der Waals surface area contributed by atoms with Crippen molar-refractivity contribution in [2.45, 2.75) is 0 Å². The highest BCUT2D eigenvalue weighted by molar-refractivity contribution is 5.47. The number of hydrogen-bond donors (Lipinski definition) is 0. The summed E-state index contributed by atoms with van der Waals surface area (Å²) in [5, 5.41) is 17.6. The Morgan fingerprint density at radius 3 is 2.50 bits per heavy atom. The summed E-state index contributed by atoms with van der Waals surface area (Å²) in [7, 11) is 0. The third-order valence-corrected chi connectivity index (χ3v) is 2.28. The summed E-state index contributed by atoms with van der Waals surface area (Å²) < 4.78 is 18.8. The highest BCUT2D eigenvalue weighted by atomic mass is 19.1. The predicted octanol–water partition coefficient (Wildman–Crippen LogP) is 3.36. The summed E-state index contributed by atoms with van der Waals surface area (Å²) in [4.78, 5) is 0. The van der Waals surface area contributed by atoms with Crippen molar-refractivity contribution in [2.75, 3.05) is 0 Å². The summed E-state index contributed by atoms with van der Waals surface area (Å²) in [6.07, 6.45) is 0. The number of nitriles is 2. The van der Waals surface area contributed by atoms with Crippen molar-refractivity contribution in [1.29, 1.82) is 10.5 Å². The van der Waals surface area contributed by atoms with Gasteiger partial charge in [0.05, 0.1) is 11.6 Å². The Morgan fingerprint density at radius 1 is 1.00 bits per heavy atom. The van der Waals surface area contributed by atoms with E-state index in [2.05, 4.69) is 0 Å². The van der Waals surface area contributed by atoms with Gasteiger partial charge in [-0.1, -0.05) is 12.1 Å². The average Bonchev–Trinajstić information content (AvgIpc) is 2.39. The van der Waals surface area contributed by atoms with Gasteiger partial charge >= 0.3 is 0 Å². The maximum atomic E-state index is 13.3. The van der Waals surface area contributed by atoms with E-state index >= 15 is 0 Å². The molecule has 0 aliphatic heterocycles. The first-order chi connectivity index (χ1) is 8.74. The Bertz CT molecular complexity index is 668. The molecule has 0 saturated carbocycles. The maximum Gasteiger partial charge on any atom is 0.148 e. The first-order valence-electron chi connectivity index (χ1n) is 5.11. The Hall–Kier alpha value is -2.85. The van der Waals surface area contributed by atoms with E-state index in [0.29, 0.717) is 11.3 Å². The number of ether oxygens (including phenoxy) is 1. The maximum absolute atomic E-state index is 13.3. The lowest BCUT2D eigenvalue weighted by molar-refractivity contribution is 0.474. The van der Waals surface area contributed by atoms with Gasteiger partial charge in [-0.3, -0.25) is 0 Å². The summed E-state index contributed by atoms with van der Waals surface area (Å²) in [5.41, 5.74) is 0.280. The summed E-state index contributed by atoms with van der Waals surface area (Å²) in [6.45, 7) is 0. The number of halogens is 1. The summed E-state index contributed by atoms with van der Waals surface area (Å²) in [6, 6.07) is 14.3. The molecule has 0 atom stereocenters. The van der Waals surface area contributed by atoms with Crippen LogP contribution in [0, 0.1) is 28.5 Å². The molecule has 18 heavy (non-hydrogen) atoms. The van der Waals surface area contributed by atoms with Crippen LogP contribution in [0.3, 0.4) is 0 Å². The molecule has 0 heterocycles. The van der Waals surface area contributed by atoms with Gasteiger partial charge in [0.25, 0.3) is 0 Å². The smallest absolute Gasteiger partial charge is 0.148 e. The predicted molar refractivity (Wildman–Crippen MR) is 62.3 cm³/mol. The van der Waals surface area contributed by atoms with Gasteiger partial charge in [-0.15, -0.1) is 0 Å². The molecule has 0 aliphatic rings. The van der Waals surface area contributed by atoms with Crippen molar-refractivity contribution >= 4 is 0 Å². The second-order valence-electron chi connectivity index (χ2n) is 3.47. The molecule has 0 radical (unpaired) electrons. The average molecular weight is 238 g/mol. The molecule has 2 aromatic carbocycles. The van der Waals surface area contributed by atoms with Crippen LogP contribution in [-0.4, -0.2) is 0 Å². The van der Waals surface area contributed by atoms with Crippen molar-refractivity contribution in [1.82, 2.24) is 0 Å². The monoisotopic (exact) mass is 238 g/mol. The van der Waals surface area contributed by atoms with Crippen LogP contribution >= 0.6 is 0 Å². The Morgan fingerprint density at radius 2 is 1.78 bits per heavy atom. The van der Waals surface area contributed by atoms with Crippen LogP contribution in [-0.2, 0) is 0 Å². The molecule has 2 rings (SSSR count). The van der Waals surface area contributed by atoms with Gasteiger partial charge in [0, 0.05) is 0 Å². The Labute approximate surface area is 103 Å². The molecule has 0 aromatic heterocycles. The topological polar surface area (TPSA) is 56.8 Å². The van der Waals surface area contributed by atoms with Gasteiger partial charge in [0.1, 0.15) is 28.9 Å². The van der Waals surface area contributed by atoms with E-state index in [9.17, 15) is 4.39 Å². The van der Waals surface area contributed by atoms with Crippen molar-refractivity contribution in [2.24, 2.45) is 0 Å². The molecule has 86 valence electrons. The third kappa shape index (κ3) is 2.28. The molecule has 0 spiro atoms. The molecule has 0 unspecified atom stereocenters. The lowest BCUT2D eigenvalue weighted by atomic mass is 10.2. The van der Waals surface area contributed by atoms with E-state index in [0.717, 1.165) is 0 Å². The van der Waals surface area contributed by atoms with Crippen molar-refractivity contribution in [3.63, 3.8) is 0 Å². The fraction of sp³-hybridized carbons (Fsp3) is 0. The Kier molecular flexibility index (Phi) is 3.22.